The molecule has 0 aliphatic carbocycles. The van der Waals surface area contributed by atoms with E-state index in [4.69, 9.17) is 0 Å². The van der Waals surface area contributed by atoms with Crippen LogP contribution in [-0.4, -0.2) is 16.4 Å². The standard InChI is InChI=1S/C20H27N3O/c1-6-14-9-8-10-15(7-2)18(14)22-16-11-12-17(21-13-16)19(24)23-20(3,4)5/h8-13,22H,6-7H2,1-5H3,(H,23,24). The van der Waals surface area contributed by atoms with Gasteiger partial charge in [-0.15, -0.1) is 0 Å². The quantitative estimate of drug-likeness (QED) is 0.852. The predicted molar refractivity (Wildman–Crippen MR) is 99.9 cm³/mol. The highest BCUT2D eigenvalue weighted by molar-refractivity contribution is 5.93. The zero-order valence-corrected chi connectivity index (χ0v) is 15.2. The molecule has 0 aliphatic heterocycles. The summed E-state index contributed by atoms with van der Waals surface area (Å²) in [7, 11) is 0. The topological polar surface area (TPSA) is 54.0 Å². The van der Waals surface area contributed by atoms with Crippen molar-refractivity contribution in [3.05, 3.63) is 53.3 Å². The molecule has 0 atom stereocenters. The number of carbonyl (C=O) groups excluding carboxylic acids is 1. The molecule has 2 rings (SSSR count). The van der Waals surface area contributed by atoms with Crippen LogP contribution in [0.4, 0.5) is 11.4 Å². The Morgan fingerprint density at radius 2 is 1.67 bits per heavy atom. The summed E-state index contributed by atoms with van der Waals surface area (Å²) in [5.41, 5.74) is 4.75. The third-order valence-corrected chi connectivity index (χ3v) is 3.75. The molecule has 0 aliphatic rings. The molecule has 1 aromatic carbocycles. The minimum atomic E-state index is -0.272. The number of anilines is 2. The third kappa shape index (κ3) is 4.57. The SMILES string of the molecule is CCc1cccc(CC)c1Nc1ccc(C(=O)NC(C)(C)C)nc1. The first-order valence-electron chi connectivity index (χ1n) is 8.50. The van der Waals surface area contributed by atoms with Crippen molar-refractivity contribution in [3.8, 4) is 0 Å². The van der Waals surface area contributed by atoms with Crippen molar-refractivity contribution in [2.24, 2.45) is 0 Å². The van der Waals surface area contributed by atoms with E-state index in [0.29, 0.717) is 5.69 Å². The summed E-state index contributed by atoms with van der Waals surface area (Å²) in [6.07, 6.45) is 3.65. The van der Waals surface area contributed by atoms with Crippen LogP contribution >= 0.6 is 0 Å². The second-order valence-corrected chi connectivity index (χ2v) is 6.92. The van der Waals surface area contributed by atoms with Crippen molar-refractivity contribution in [1.82, 2.24) is 10.3 Å². The van der Waals surface area contributed by atoms with Gasteiger partial charge >= 0.3 is 0 Å². The minimum Gasteiger partial charge on any atom is -0.354 e. The van der Waals surface area contributed by atoms with Gasteiger partial charge in [-0.05, 0) is 56.9 Å². The lowest BCUT2D eigenvalue weighted by Crippen LogP contribution is -2.40. The second-order valence-electron chi connectivity index (χ2n) is 6.92. The molecule has 0 saturated carbocycles. The van der Waals surface area contributed by atoms with E-state index < -0.39 is 0 Å². The maximum atomic E-state index is 12.1. The Kier molecular flexibility index (Phi) is 5.60. The predicted octanol–water partition coefficient (Wildman–Crippen LogP) is 4.48. The van der Waals surface area contributed by atoms with Crippen molar-refractivity contribution in [3.63, 3.8) is 0 Å². The average molecular weight is 325 g/mol. The number of benzene rings is 1. The zero-order valence-electron chi connectivity index (χ0n) is 15.2. The molecule has 0 spiro atoms. The highest BCUT2D eigenvalue weighted by atomic mass is 16.2. The van der Waals surface area contributed by atoms with Gasteiger partial charge < -0.3 is 10.6 Å². The highest BCUT2D eigenvalue weighted by Crippen LogP contribution is 2.26. The van der Waals surface area contributed by atoms with Crippen LogP contribution < -0.4 is 10.6 Å². The molecule has 1 aromatic heterocycles. The molecule has 0 unspecified atom stereocenters. The van der Waals surface area contributed by atoms with Gasteiger partial charge in [-0.25, -0.2) is 4.98 Å². The van der Waals surface area contributed by atoms with Crippen LogP contribution in [0.1, 0.15) is 56.2 Å². The van der Waals surface area contributed by atoms with E-state index in [9.17, 15) is 4.79 Å². The molecule has 2 N–H and O–H groups in total. The van der Waals surface area contributed by atoms with E-state index in [1.807, 2.05) is 26.8 Å². The summed E-state index contributed by atoms with van der Waals surface area (Å²) in [6.45, 7) is 10.2. The minimum absolute atomic E-state index is 0.155. The molecule has 4 nitrogen and oxygen atoms in total. The Labute approximate surface area is 144 Å². The monoisotopic (exact) mass is 325 g/mol. The van der Waals surface area contributed by atoms with Crippen molar-refractivity contribution >= 4 is 17.3 Å². The molecule has 1 heterocycles. The molecule has 4 heteroatoms. The summed E-state index contributed by atoms with van der Waals surface area (Å²) in [5, 5.41) is 6.38. The molecule has 128 valence electrons. The smallest absolute Gasteiger partial charge is 0.270 e. The van der Waals surface area contributed by atoms with E-state index in [1.54, 1.807) is 12.3 Å². The number of hydrogen-bond donors (Lipinski definition) is 2. The summed E-state index contributed by atoms with van der Waals surface area (Å²) in [5.74, 6) is -0.155. The maximum Gasteiger partial charge on any atom is 0.270 e. The average Bonchev–Trinajstić information content (AvgIpc) is 2.54. The first-order chi connectivity index (χ1) is 11.3. The van der Waals surface area contributed by atoms with Gasteiger partial charge in [-0.1, -0.05) is 32.0 Å². The number of carbonyl (C=O) groups is 1. The largest absolute Gasteiger partial charge is 0.354 e. The van der Waals surface area contributed by atoms with Gasteiger partial charge in [0.15, 0.2) is 0 Å². The Hall–Kier alpha value is -2.36. The van der Waals surface area contributed by atoms with Gasteiger partial charge in [-0.2, -0.15) is 0 Å². The molecular weight excluding hydrogens is 298 g/mol. The molecule has 0 radical (unpaired) electrons. The van der Waals surface area contributed by atoms with Crippen molar-refractivity contribution in [2.45, 2.75) is 53.0 Å². The first kappa shape index (κ1) is 18.0. The first-order valence-corrected chi connectivity index (χ1v) is 8.50. The molecule has 1 amide bonds. The van der Waals surface area contributed by atoms with Crippen LogP contribution in [-0.2, 0) is 12.8 Å². The molecule has 0 fully saturated rings. The molecule has 0 bridgehead atoms. The van der Waals surface area contributed by atoms with Gasteiger partial charge in [0.05, 0.1) is 11.9 Å². The highest BCUT2D eigenvalue weighted by Gasteiger charge is 2.16. The third-order valence-electron chi connectivity index (χ3n) is 3.75. The van der Waals surface area contributed by atoms with Gasteiger partial charge in [0, 0.05) is 11.2 Å². The number of nitrogens with one attached hydrogen (secondary N) is 2. The fourth-order valence-electron chi connectivity index (χ4n) is 2.55. The summed E-state index contributed by atoms with van der Waals surface area (Å²) < 4.78 is 0. The number of pyridine rings is 1. The summed E-state index contributed by atoms with van der Waals surface area (Å²) in [4.78, 5) is 16.4. The molecule has 0 saturated heterocycles. The lowest BCUT2D eigenvalue weighted by Gasteiger charge is -2.20. The van der Waals surface area contributed by atoms with Gasteiger partial charge in [0.25, 0.3) is 5.91 Å². The fraction of sp³-hybridized carbons (Fsp3) is 0.400. The Morgan fingerprint density at radius 1 is 1.04 bits per heavy atom. The number of rotatable bonds is 5. The number of para-hydroxylation sites is 1. The van der Waals surface area contributed by atoms with Gasteiger partial charge in [-0.3, -0.25) is 4.79 Å². The van der Waals surface area contributed by atoms with E-state index in [-0.39, 0.29) is 11.4 Å². The number of hydrogen-bond acceptors (Lipinski definition) is 3. The van der Waals surface area contributed by atoms with E-state index in [2.05, 4.69) is 47.7 Å². The summed E-state index contributed by atoms with van der Waals surface area (Å²) in [6, 6.07) is 10.0. The Bertz CT molecular complexity index is 678. The van der Waals surface area contributed by atoms with E-state index in [1.165, 1.54) is 11.1 Å². The number of nitrogens with zero attached hydrogens (tertiary/aromatic N) is 1. The lowest BCUT2D eigenvalue weighted by atomic mass is 10.0. The van der Waals surface area contributed by atoms with E-state index >= 15 is 0 Å². The maximum absolute atomic E-state index is 12.1. The second kappa shape index (κ2) is 7.47. The van der Waals surface area contributed by atoms with Crippen LogP contribution in [0, 0.1) is 0 Å². The molecule has 24 heavy (non-hydrogen) atoms. The van der Waals surface area contributed by atoms with Crippen molar-refractivity contribution < 1.29 is 4.79 Å². The lowest BCUT2D eigenvalue weighted by molar-refractivity contribution is 0.0914. The zero-order chi connectivity index (χ0) is 17.7. The van der Waals surface area contributed by atoms with Crippen LogP contribution in [0.15, 0.2) is 36.5 Å². The Morgan fingerprint density at radius 3 is 2.12 bits per heavy atom. The molecular formula is C20H27N3O. The fourth-order valence-corrected chi connectivity index (χ4v) is 2.55. The number of amides is 1. The summed E-state index contributed by atoms with van der Waals surface area (Å²) >= 11 is 0. The van der Waals surface area contributed by atoms with Gasteiger partial charge in [0.1, 0.15) is 5.69 Å². The number of aromatic nitrogens is 1. The van der Waals surface area contributed by atoms with Crippen LogP contribution in [0.5, 0.6) is 0 Å². The van der Waals surface area contributed by atoms with Gasteiger partial charge in [0.2, 0.25) is 0 Å². The van der Waals surface area contributed by atoms with E-state index in [0.717, 1.165) is 24.2 Å². The van der Waals surface area contributed by atoms with Crippen molar-refractivity contribution in [1.29, 1.82) is 0 Å². The molecule has 2 aromatic rings. The van der Waals surface area contributed by atoms with Crippen LogP contribution in [0.2, 0.25) is 0 Å². The number of aryl methyl sites for hydroxylation is 2. The normalized spacial score (nSPS) is 11.2. The Balaban J connectivity index is 2.20. The van der Waals surface area contributed by atoms with Crippen molar-refractivity contribution in [2.75, 3.05) is 5.32 Å². The van der Waals surface area contributed by atoms with Crippen LogP contribution in [0.3, 0.4) is 0 Å². The van der Waals surface area contributed by atoms with Crippen LogP contribution in [0.25, 0.3) is 0 Å².